The van der Waals surface area contributed by atoms with Gasteiger partial charge in [-0.25, -0.2) is 9.97 Å². The van der Waals surface area contributed by atoms with E-state index < -0.39 is 30.7 Å². The van der Waals surface area contributed by atoms with Gasteiger partial charge in [0, 0.05) is 22.8 Å². The lowest BCUT2D eigenvalue weighted by atomic mass is 9.85. The summed E-state index contributed by atoms with van der Waals surface area (Å²) < 4.78 is 51.8. The standard InChI is InChI=1S/C27H29F4N7O/c1-25(2)19-7-6-17(12-16(19)8-11-34-25)35-24-32-13-18(23(39)33-15-27(29,30)31)22(38-24)37-21-5-3-4-20(36-21)26(14-28)9-10-26/h3-7,12-13,34H,8-11,14-15H2,1-2H3,(H,33,39)(H2,32,35,36,37,38). The maximum absolute atomic E-state index is 13.6. The minimum Gasteiger partial charge on any atom is -0.343 e. The first-order valence-corrected chi connectivity index (χ1v) is 12.7. The lowest BCUT2D eigenvalue weighted by Crippen LogP contribution is -2.42. The first kappa shape index (κ1) is 26.8. The number of carbonyl (C=O) groups is 1. The van der Waals surface area contributed by atoms with E-state index in [1.54, 1.807) is 18.2 Å². The van der Waals surface area contributed by atoms with Crippen molar-refractivity contribution in [3.8, 4) is 0 Å². The van der Waals surface area contributed by atoms with Crippen LogP contribution in [0, 0.1) is 0 Å². The molecule has 0 atom stereocenters. The normalized spacial score (nSPS) is 17.2. The van der Waals surface area contributed by atoms with Crippen LogP contribution in [0.5, 0.6) is 0 Å². The molecule has 8 nitrogen and oxygen atoms in total. The van der Waals surface area contributed by atoms with E-state index in [9.17, 15) is 22.4 Å². The van der Waals surface area contributed by atoms with Crippen molar-refractivity contribution in [3.63, 3.8) is 0 Å². The van der Waals surface area contributed by atoms with Gasteiger partial charge in [0.25, 0.3) is 5.91 Å². The van der Waals surface area contributed by atoms with E-state index in [1.165, 1.54) is 11.1 Å². The largest absolute Gasteiger partial charge is 0.405 e. The quantitative estimate of drug-likeness (QED) is 0.296. The fourth-order valence-electron chi connectivity index (χ4n) is 4.73. The Hall–Kier alpha value is -3.80. The molecular formula is C27H29F4N7O. The van der Waals surface area contributed by atoms with Crippen molar-refractivity contribution in [2.45, 2.75) is 50.2 Å². The molecule has 0 bridgehead atoms. The van der Waals surface area contributed by atoms with Gasteiger partial charge in [-0.2, -0.15) is 18.2 Å². The van der Waals surface area contributed by atoms with Crippen LogP contribution >= 0.6 is 0 Å². The number of nitrogens with one attached hydrogen (secondary N) is 4. The monoisotopic (exact) mass is 543 g/mol. The molecule has 1 aromatic carbocycles. The molecule has 1 fully saturated rings. The highest BCUT2D eigenvalue weighted by Crippen LogP contribution is 2.47. The number of pyridine rings is 1. The molecule has 1 amide bonds. The van der Waals surface area contributed by atoms with Crippen LogP contribution in [0.2, 0.25) is 0 Å². The van der Waals surface area contributed by atoms with Crippen molar-refractivity contribution in [2.75, 3.05) is 30.4 Å². The second-order valence-electron chi connectivity index (χ2n) is 10.5. The Bertz CT molecular complexity index is 1390. The summed E-state index contributed by atoms with van der Waals surface area (Å²) in [5.74, 6) is -0.615. The topological polar surface area (TPSA) is 104 Å². The molecule has 3 aromatic rings. The summed E-state index contributed by atoms with van der Waals surface area (Å²) in [4.78, 5) is 25.7. The van der Waals surface area contributed by atoms with E-state index in [4.69, 9.17) is 0 Å². The Labute approximate surface area is 223 Å². The maximum atomic E-state index is 13.6. The van der Waals surface area contributed by atoms with E-state index in [1.807, 2.05) is 23.5 Å². The summed E-state index contributed by atoms with van der Waals surface area (Å²) in [6.45, 7) is 3.03. The number of amides is 1. The Morgan fingerprint density at radius 1 is 1.10 bits per heavy atom. The van der Waals surface area contributed by atoms with Crippen LogP contribution in [0.4, 0.5) is 40.8 Å². The third kappa shape index (κ3) is 5.95. The number of carbonyl (C=O) groups excluding carboxylic acids is 1. The first-order chi connectivity index (χ1) is 18.5. The molecule has 0 saturated heterocycles. The van der Waals surface area contributed by atoms with Crippen molar-refractivity contribution in [2.24, 2.45) is 0 Å². The smallest absolute Gasteiger partial charge is 0.343 e. The van der Waals surface area contributed by atoms with Gasteiger partial charge in [-0.05, 0) is 75.0 Å². The third-order valence-corrected chi connectivity index (χ3v) is 7.13. The number of aromatic nitrogens is 3. The zero-order chi connectivity index (χ0) is 27.8. The van der Waals surface area contributed by atoms with Crippen LogP contribution < -0.4 is 21.3 Å². The Kier molecular flexibility index (Phi) is 6.91. The highest BCUT2D eigenvalue weighted by Gasteiger charge is 2.46. The van der Waals surface area contributed by atoms with Crippen molar-refractivity contribution in [1.29, 1.82) is 0 Å². The summed E-state index contributed by atoms with van der Waals surface area (Å²) in [6, 6.07) is 11.0. The average molecular weight is 544 g/mol. The molecule has 1 saturated carbocycles. The lowest BCUT2D eigenvalue weighted by Gasteiger charge is -2.34. The third-order valence-electron chi connectivity index (χ3n) is 7.13. The molecule has 5 rings (SSSR count). The molecule has 2 aliphatic rings. The Morgan fingerprint density at radius 3 is 2.62 bits per heavy atom. The summed E-state index contributed by atoms with van der Waals surface area (Å²) in [6.07, 6.45) is -1.21. The highest BCUT2D eigenvalue weighted by atomic mass is 19.4. The van der Waals surface area contributed by atoms with Crippen molar-refractivity contribution in [1.82, 2.24) is 25.6 Å². The second kappa shape index (κ2) is 10.1. The molecule has 12 heteroatoms. The van der Waals surface area contributed by atoms with Gasteiger partial charge in [0.1, 0.15) is 30.4 Å². The number of hydrogen-bond donors (Lipinski definition) is 4. The van der Waals surface area contributed by atoms with Crippen molar-refractivity contribution < 1.29 is 22.4 Å². The van der Waals surface area contributed by atoms with Gasteiger partial charge in [0.2, 0.25) is 5.95 Å². The zero-order valence-corrected chi connectivity index (χ0v) is 21.5. The van der Waals surface area contributed by atoms with Gasteiger partial charge >= 0.3 is 6.18 Å². The molecular weight excluding hydrogens is 514 g/mol. The van der Waals surface area contributed by atoms with Gasteiger partial charge in [0.05, 0.1) is 5.69 Å². The van der Waals surface area contributed by atoms with Crippen LogP contribution in [-0.2, 0) is 17.4 Å². The van der Waals surface area contributed by atoms with E-state index in [-0.39, 0.29) is 28.7 Å². The van der Waals surface area contributed by atoms with Gasteiger partial charge in [-0.3, -0.25) is 9.18 Å². The molecule has 4 N–H and O–H groups in total. The molecule has 1 aliphatic heterocycles. The van der Waals surface area contributed by atoms with Gasteiger partial charge in [0.15, 0.2) is 0 Å². The SMILES string of the molecule is CC1(C)NCCc2cc(Nc3ncc(C(=O)NCC(F)(F)F)c(Nc4cccc(C5(CF)CC5)n4)n3)ccc21. The number of rotatable bonds is 8. The number of anilines is 4. The highest BCUT2D eigenvalue weighted by molar-refractivity contribution is 5.99. The summed E-state index contributed by atoms with van der Waals surface area (Å²) in [7, 11) is 0. The predicted molar refractivity (Wildman–Crippen MR) is 139 cm³/mol. The summed E-state index contributed by atoms with van der Waals surface area (Å²) in [5, 5.41) is 11.4. The summed E-state index contributed by atoms with van der Waals surface area (Å²) >= 11 is 0. The summed E-state index contributed by atoms with van der Waals surface area (Å²) in [5.41, 5.74) is 2.69. The Morgan fingerprint density at radius 2 is 1.90 bits per heavy atom. The van der Waals surface area contributed by atoms with Crippen LogP contribution in [0.25, 0.3) is 0 Å². The minimum atomic E-state index is -4.58. The first-order valence-electron chi connectivity index (χ1n) is 12.7. The number of benzene rings is 1. The van der Waals surface area contributed by atoms with E-state index in [0.29, 0.717) is 18.5 Å². The molecule has 0 unspecified atom stereocenters. The van der Waals surface area contributed by atoms with Gasteiger partial charge < -0.3 is 21.3 Å². The van der Waals surface area contributed by atoms with Gasteiger partial charge in [-0.1, -0.05) is 12.1 Å². The fourth-order valence-corrected chi connectivity index (χ4v) is 4.73. The molecule has 1 aliphatic carbocycles. The molecule has 39 heavy (non-hydrogen) atoms. The molecule has 0 spiro atoms. The van der Waals surface area contributed by atoms with Gasteiger partial charge in [-0.15, -0.1) is 0 Å². The molecule has 206 valence electrons. The maximum Gasteiger partial charge on any atom is 0.405 e. The molecule has 3 heterocycles. The van der Waals surface area contributed by atoms with E-state index >= 15 is 0 Å². The number of halogens is 4. The number of alkyl halides is 4. The van der Waals surface area contributed by atoms with E-state index in [2.05, 4.69) is 44.7 Å². The van der Waals surface area contributed by atoms with Crippen LogP contribution in [-0.4, -0.2) is 46.8 Å². The molecule has 0 radical (unpaired) electrons. The second-order valence-corrected chi connectivity index (χ2v) is 10.5. The number of nitrogens with zero attached hydrogens (tertiary/aromatic N) is 3. The number of fused-ring (bicyclic) bond motifs is 1. The minimum absolute atomic E-state index is 0.0368. The average Bonchev–Trinajstić information content (AvgIpc) is 3.68. The van der Waals surface area contributed by atoms with Crippen molar-refractivity contribution >= 4 is 29.2 Å². The lowest BCUT2D eigenvalue weighted by molar-refractivity contribution is -0.123. The van der Waals surface area contributed by atoms with Crippen LogP contribution in [0.3, 0.4) is 0 Å². The zero-order valence-electron chi connectivity index (χ0n) is 21.5. The van der Waals surface area contributed by atoms with Crippen LogP contribution in [0.15, 0.2) is 42.6 Å². The van der Waals surface area contributed by atoms with Crippen LogP contribution in [0.1, 0.15) is 53.9 Å². The molecule has 2 aromatic heterocycles. The van der Waals surface area contributed by atoms with Crippen molar-refractivity contribution in [3.05, 3.63) is 65.0 Å². The fraction of sp³-hybridized carbons (Fsp3) is 0.407. The van der Waals surface area contributed by atoms with E-state index in [0.717, 1.165) is 24.8 Å². The predicted octanol–water partition coefficient (Wildman–Crippen LogP) is 5.03. The Balaban J connectivity index is 1.44. The number of hydrogen-bond acceptors (Lipinski definition) is 7.